The van der Waals surface area contributed by atoms with Crippen LogP contribution in [0.2, 0.25) is 0 Å². The molecule has 0 amide bonds. The lowest BCUT2D eigenvalue weighted by atomic mass is 9.99. The molecule has 0 saturated carbocycles. The molecule has 1 aromatic carbocycles. The van der Waals surface area contributed by atoms with Gasteiger partial charge in [0.1, 0.15) is 23.4 Å². The van der Waals surface area contributed by atoms with Crippen LogP contribution >= 0.6 is 0 Å². The second-order valence-electron chi connectivity index (χ2n) is 4.66. The number of aliphatic hydroxyl groups excluding tert-OH is 1. The molecule has 0 spiro atoms. The number of hydrogen-bond acceptors (Lipinski definition) is 5. The molecule has 1 atom stereocenters. The number of carbonyl (C=O) groups is 1. The largest absolute Gasteiger partial charge is 0.510 e. The topological polar surface area (TPSA) is 87.0 Å². The Morgan fingerprint density at radius 2 is 2.05 bits per heavy atom. The van der Waals surface area contributed by atoms with E-state index in [4.69, 9.17) is 4.74 Å². The highest BCUT2D eigenvalue weighted by Gasteiger charge is 2.17. The predicted octanol–water partition coefficient (Wildman–Crippen LogP) is 2.62. The maximum atomic E-state index is 12.0. The van der Waals surface area contributed by atoms with Gasteiger partial charge in [-0.25, -0.2) is 0 Å². The molecule has 0 saturated heterocycles. The smallest absolute Gasteiger partial charge is 0.189 e. The standard InChI is InChI=1S/C16H16O5/c1-21-16-8-10(3-7-14(16)19)2-6-13(18)12-5-4-11(17)9-15(12)20/h2-7,9,16-17,19-20H,8H2,1H3/b6-2+. The molecule has 5 nitrogen and oxygen atoms in total. The third-order valence-corrected chi connectivity index (χ3v) is 3.20. The van der Waals surface area contributed by atoms with Crippen LogP contribution in [0.15, 0.2) is 53.8 Å². The zero-order chi connectivity index (χ0) is 15.4. The van der Waals surface area contributed by atoms with E-state index in [1.54, 1.807) is 12.2 Å². The summed E-state index contributed by atoms with van der Waals surface area (Å²) in [5.74, 6) is -0.598. The summed E-state index contributed by atoms with van der Waals surface area (Å²) in [6, 6.07) is 3.81. The first kappa shape index (κ1) is 14.9. The van der Waals surface area contributed by atoms with E-state index in [9.17, 15) is 20.1 Å². The first-order chi connectivity index (χ1) is 10.0. The first-order valence-electron chi connectivity index (χ1n) is 6.38. The van der Waals surface area contributed by atoms with Crippen molar-refractivity contribution < 1.29 is 24.9 Å². The van der Waals surface area contributed by atoms with Gasteiger partial charge in [-0.15, -0.1) is 0 Å². The van der Waals surface area contributed by atoms with Crippen LogP contribution < -0.4 is 0 Å². The molecule has 1 aliphatic carbocycles. The quantitative estimate of drug-likeness (QED) is 0.585. The summed E-state index contributed by atoms with van der Waals surface area (Å²) in [6.45, 7) is 0. The number of phenols is 2. The van der Waals surface area contributed by atoms with E-state index >= 15 is 0 Å². The Labute approximate surface area is 122 Å². The molecule has 1 aromatic rings. The molecule has 110 valence electrons. The second-order valence-corrected chi connectivity index (χ2v) is 4.66. The molecule has 3 N–H and O–H groups in total. The summed E-state index contributed by atoms with van der Waals surface area (Å²) >= 11 is 0. The van der Waals surface area contributed by atoms with Gasteiger partial charge in [0, 0.05) is 19.6 Å². The van der Waals surface area contributed by atoms with Gasteiger partial charge in [-0.05, 0) is 29.9 Å². The Balaban J connectivity index is 2.13. The van der Waals surface area contributed by atoms with Crippen LogP contribution in [0.5, 0.6) is 11.5 Å². The lowest BCUT2D eigenvalue weighted by molar-refractivity contribution is 0.0926. The molecule has 0 aromatic heterocycles. The van der Waals surface area contributed by atoms with E-state index in [1.165, 1.54) is 31.4 Å². The monoisotopic (exact) mass is 288 g/mol. The number of aromatic hydroxyl groups is 2. The SMILES string of the molecule is COC1CC(/C=C/C(=O)c2ccc(O)cc2O)=CC=C1O. The number of benzene rings is 1. The number of ketones is 1. The van der Waals surface area contributed by atoms with Crippen LogP contribution in [0, 0.1) is 0 Å². The van der Waals surface area contributed by atoms with E-state index in [0.717, 1.165) is 11.6 Å². The van der Waals surface area contributed by atoms with Crippen molar-refractivity contribution in [2.24, 2.45) is 0 Å². The fraction of sp³-hybridized carbons (Fsp3) is 0.188. The van der Waals surface area contributed by atoms with Crippen LogP contribution in [-0.2, 0) is 4.74 Å². The summed E-state index contributed by atoms with van der Waals surface area (Å²) in [6.07, 6.45) is 6.23. The highest BCUT2D eigenvalue weighted by Crippen LogP contribution is 2.24. The number of ether oxygens (including phenoxy) is 1. The van der Waals surface area contributed by atoms with E-state index < -0.39 is 6.10 Å². The van der Waals surface area contributed by atoms with Crippen LogP contribution in [0.3, 0.4) is 0 Å². The van der Waals surface area contributed by atoms with E-state index in [2.05, 4.69) is 0 Å². The number of carbonyl (C=O) groups excluding carboxylic acids is 1. The lowest BCUT2D eigenvalue weighted by Gasteiger charge is -2.18. The number of aliphatic hydroxyl groups is 1. The van der Waals surface area contributed by atoms with Crippen molar-refractivity contribution in [2.75, 3.05) is 7.11 Å². The Kier molecular flexibility index (Phi) is 4.45. The van der Waals surface area contributed by atoms with Crippen molar-refractivity contribution in [3.8, 4) is 11.5 Å². The molecule has 0 aliphatic heterocycles. The lowest BCUT2D eigenvalue weighted by Crippen LogP contribution is -2.16. The van der Waals surface area contributed by atoms with Crippen LogP contribution in [0.4, 0.5) is 0 Å². The van der Waals surface area contributed by atoms with Gasteiger partial charge in [-0.1, -0.05) is 12.2 Å². The minimum atomic E-state index is -0.410. The van der Waals surface area contributed by atoms with Gasteiger partial charge in [-0.2, -0.15) is 0 Å². The van der Waals surface area contributed by atoms with Crippen LogP contribution in [0.1, 0.15) is 16.8 Å². The average molecular weight is 288 g/mol. The molecule has 0 fully saturated rings. The van der Waals surface area contributed by atoms with Gasteiger partial charge in [0.2, 0.25) is 0 Å². The highest BCUT2D eigenvalue weighted by molar-refractivity contribution is 6.06. The molecule has 5 heteroatoms. The minimum Gasteiger partial charge on any atom is -0.510 e. The predicted molar refractivity (Wildman–Crippen MR) is 77.5 cm³/mol. The summed E-state index contributed by atoms with van der Waals surface area (Å²) < 4.78 is 5.11. The molecular weight excluding hydrogens is 272 g/mol. The Morgan fingerprint density at radius 3 is 2.71 bits per heavy atom. The third-order valence-electron chi connectivity index (χ3n) is 3.20. The Bertz CT molecular complexity index is 640. The van der Waals surface area contributed by atoms with Crippen molar-refractivity contribution >= 4 is 5.78 Å². The number of allylic oxidation sites excluding steroid dienone is 4. The summed E-state index contributed by atoms with van der Waals surface area (Å²) in [5.41, 5.74) is 0.938. The van der Waals surface area contributed by atoms with Crippen molar-refractivity contribution in [3.05, 3.63) is 59.4 Å². The fourth-order valence-electron chi connectivity index (χ4n) is 2.02. The summed E-state index contributed by atoms with van der Waals surface area (Å²) in [7, 11) is 1.50. The maximum absolute atomic E-state index is 12.0. The van der Waals surface area contributed by atoms with Gasteiger partial charge in [0.15, 0.2) is 5.78 Å². The van der Waals surface area contributed by atoms with Gasteiger partial charge >= 0.3 is 0 Å². The molecule has 2 rings (SSSR count). The number of methoxy groups -OCH3 is 1. The van der Waals surface area contributed by atoms with Gasteiger partial charge in [0.05, 0.1) is 5.56 Å². The van der Waals surface area contributed by atoms with Crippen molar-refractivity contribution in [2.45, 2.75) is 12.5 Å². The molecule has 0 radical (unpaired) electrons. The maximum Gasteiger partial charge on any atom is 0.189 e. The first-order valence-corrected chi connectivity index (χ1v) is 6.38. The Hall–Kier alpha value is -2.53. The molecule has 1 aliphatic rings. The average Bonchev–Trinajstić information content (AvgIpc) is 2.46. The summed E-state index contributed by atoms with van der Waals surface area (Å²) in [4.78, 5) is 12.0. The second kappa shape index (κ2) is 6.28. The number of hydrogen-bond donors (Lipinski definition) is 3. The van der Waals surface area contributed by atoms with Crippen molar-refractivity contribution in [1.29, 1.82) is 0 Å². The Morgan fingerprint density at radius 1 is 1.29 bits per heavy atom. The fourth-order valence-corrected chi connectivity index (χ4v) is 2.02. The van der Waals surface area contributed by atoms with Gasteiger partial charge < -0.3 is 20.1 Å². The van der Waals surface area contributed by atoms with Crippen molar-refractivity contribution in [3.63, 3.8) is 0 Å². The van der Waals surface area contributed by atoms with Crippen LogP contribution in [-0.4, -0.2) is 34.3 Å². The normalized spacial score (nSPS) is 18.4. The third kappa shape index (κ3) is 3.52. The van der Waals surface area contributed by atoms with E-state index in [1.807, 2.05) is 0 Å². The van der Waals surface area contributed by atoms with Gasteiger partial charge in [0.25, 0.3) is 0 Å². The number of phenolic OH excluding ortho intramolecular Hbond substituents is 2. The zero-order valence-corrected chi connectivity index (χ0v) is 11.5. The molecule has 0 bridgehead atoms. The highest BCUT2D eigenvalue weighted by atomic mass is 16.5. The van der Waals surface area contributed by atoms with Crippen molar-refractivity contribution in [1.82, 2.24) is 0 Å². The minimum absolute atomic E-state index is 0.105. The molecule has 1 unspecified atom stereocenters. The van der Waals surface area contributed by atoms with E-state index in [-0.39, 0.29) is 28.6 Å². The summed E-state index contributed by atoms with van der Waals surface area (Å²) in [5, 5.41) is 28.4. The van der Waals surface area contributed by atoms with E-state index in [0.29, 0.717) is 6.42 Å². The van der Waals surface area contributed by atoms with Crippen LogP contribution in [0.25, 0.3) is 0 Å². The number of rotatable bonds is 4. The van der Waals surface area contributed by atoms with Gasteiger partial charge in [-0.3, -0.25) is 4.79 Å². The molecule has 0 heterocycles. The molecule has 21 heavy (non-hydrogen) atoms. The molecular formula is C16H16O5. The zero-order valence-electron chi connectivity index (χ0n) is 11.5.